The van der Waals surface area contributed by atoms with Gasteiger partial charge in [-0.1, -0.05) is 39.3 Å². The topological polar surface area (TPSA) is 104 Å². The van der Waals surface area contributed by atoms with E-state index in [1.807, 2.05) is 19.9 Å². The first-order valence-corrected chi connectivity index (χ1v) is 15.2. The van der Waals surface area contributed by atoms with Gasteiger partial charge in [0, 0.05) is 11.8 Å². The zero-order valence-corrected chi connectivity index (χ0v) is 24.8. The van der Waals surface area contributed by atoms with Gasteiger partial charge in [0.05, 0.1) is 24.5 Å². The Hall–Kier alpha value is -1.11. The molecule has 7 heteroatoms. The minimum Gasteiger partial charge on any atom is -0.481 e. The molecule has 0 saturated heterocycles. The maximum absolute atomic E-state index is 12.7. The van der Waals surface area contributed by atoms with Crippen LogP contribution in [-0.2, 0) is 14.3 Å². The third kappa shape index (κ3) is 4.64. The number of aliphatic carboxylic acids is 1. The predicted octanol–water partition coefficient (Wildman–Crippen LogP) is 5.82. The van der Waals surface area contributed by atoms with E-state index in [4.69, 9.17) is 16.3 Å². The molecule has 0 aromatic rings. The molecular weight excluding hydrogens is 504 g/mol. The third-order valence-corrected chi connectivity index (χ3v) is 12.3. The van der Waals surface area contributed by atoms with Crippen molar-refractivity contribution in [1.29, 1.82) is 0 Å². The molecule has 0 aromatic heterocycles. The molecule has 4 saturated carbocycles. The number of carboxylic acids is 1. The molecule has 38 heavy (non-hydrogen) atoms. The first-order chi connectivity index (χ1) is 17.7. The maximum Gasteiger partial charge on any atom is 0.307 e. The second kappa shape index (κ2) is 10.7. The van der Waals surface area contributed by atoms with E-state index in [-0.39, 0.29) is 64.3 Å². The Kier molecular flexibility index (Phi) is 8.41. The number of carbonyl (C=O) groups excluding carboxylic acids is 1. The lowest BCUT2D eigenvalue weighted by Crippen LogP contribution is -2.66. The van der Waals surface area contributed by atoms with Crippen LogP contribution in [0.1, 0.15) is 92.9 Å². The zero-order valence-electron chi connectivity index (χ0n) is 24.1. The summed E-state index contributed by atoms with van der Waals surface area (Å²) in [4.78, 5) is 25.4. The van der Waals surface area contributed by atoms with Crippen molar-refractivity contribution in [2.75, 3.05) is 5.88 Å². The van der Waals surface area contributed by atoms with Crippen LogP contribution in [-0.4, -0.2) is 51.5 Å². The van der Waals surface area contributed by atoms with Gasteiger partial charge >= 0.3 is 11.9 Å². The van der Waals surface area contributed by atoms with E-state index in [9.17, 15) is 24.9 Å². The Morgan fingerprint density at radius 1 is 1.05 bits per heavy atom. The number of allylic oxidation sites excluding steroid dienone is 2. The van der Waals surface area contributed by atoms with Gasteiger partial charge in [0.15, 0.2) is 0 Å². The molecule has 0 amide bonds. The Labute approximate surface area is 233 Å². The number of carboxylic acid groups (broad SMARTS) is 1. The van der Waals surface area contributed by atoms with E-state index < -0.39 is 24.1 Å². The highest BCUT2D eigenvalue weighted by Gasteiger charge is 2.72. The van der Waals surface area contributed by atoms with Gasteiger partial charge in [0.1, 0.15) is 6.10 Å². The number of esters is 1. The minimum absolute atomic E-state index is 0.0453. The van der Waals surface area contributed by atoms with Gasteiger partial charge < -0.3 is 20.1 Å². The summed E-state index contributed by atoms with van der Waals surface area (Å²) in [6, 6.07) is 0. The smallest absolute Gasteiger partial charge is 0.307 e. The second-order valence-corrected chi connectivity index (χ2v) is 14.4. The van der Waals surface area contributed by atoms with Crippen molar-refractivity contribution >= 4 is 23.5 Å². The van der Waals surface area contributed by atoms with Crippen molar-refractivity contribution in [2.45, 2.75) is 111 Å². The molecule has 4 rings (SSSR count). The molecule has 6 nitrogen and oxygen atoms in total. The first-order valence-electron chi connectivity index (χ1n) is 14.7. The number of ether oxygens (including phenoxy) is 1. The SMILES string of the molecule is CC(C)=CC[C@@H](C(=O)O)[C@@H]1C2C[C@@H](O)C3[C@@]4(C)CC[C@@H](O)[C@@H](C)C4CC[C@]3(C)[C@@]2(C)C[C@@H]1OC(=O)CCCl. The van der Waals surface area contributed by atoms with E-state index in [1.165, 1.54) is 0 Å². The number of hydrogen-bond donors (Lipinski definition) is 3. The molecule has 0 heterocycles. The molecule has 0 bridgehead atoms. The summed E-state index contributed by atoms with van der Waals surface area (Å²) in [5, 5.41) is 33.0. The largest absolute Gasteiger partial charge is 0.481 e. The number of aliphatic hydroxyl groups is 2. The van der Waals surface area contributed by atoms with E-state index in [1.54, 1.807) is 0 Å². The van der Waals surface area contributed by atoms with Crippen LogP contribution in [0.4, 0.5) is 0 Å². The van der Waals surface area contributed by atoms with Gasteiger partial charge in [-0.05, 0) is 98.7 Å². The Balaban J connectivity index is 1.78. The number of rotatable bonds is 7. The quantitative estimate of drug-likeness (QED) is 0.209. The summed E-state index contributed by atoms with van der Waals surface area (Å²) >= 11 is 5.85. The van der Waals surface area contributed by atoms with Crippen molar-refractivity contribution < 1.29 is 29.6 Å². The summed E-state index contributed by atoms with van der Waals surface area (Å²) < 4.78 is 6.06. The van der Waals surface area contributed by atoms with Crippen LogP contribution >= 0.6 is 11.6 Å². The fraction of sp³-hybridized carbons (Fsp3) is 0.871. The molecular formula is C31H49ClO6. The van der Waals surface area contributed by atoms with Crippen LogP contribution in [0.25, 0.3) is 0 Å². The molecule has 3 unspecified atom stereocenters. The Morgan fingerprint density at radius 2 is 1.74 bits per heavy atom. The molecule has 12 atom stereocenters. The molecule has 4 aliphatic carbocycles. The van der Waals surface area contributed by atoms with Crippen molar-refractivity contribution in [1.82, 2.24) is 0 Å². The van der Waals surface area contributed by atoms with Crippen molar-refractivity contribution in [3.05, 3.63) is 11.6 Å². The van der Waals surface area contributed by atoms with Gasteiger partial charge in [-0.3, -0.25) is 9.59 Å². The van der Waals surface area contributed by atoms with E-state index >= 15 is 0 Å². The average Bonchev–Trinajstić information content (AvgIpc) is 3.09. The number of alkyl halides is 1. The van der Waals surface area contributed by atoms with Crippen LogP contribution in [0.2, 0.25) is 0 Å². The van der Waals surface area contributed by atoms with Crippen molar-refractivity contribution in [2.24, 2.45) is 51.8 Å². The molecule has 0 aliphatic heterocycles. The monoisotopic (exact) mass is 552 g/mol. The molecule has 4 aliphatic rings. The summed E-state index contributed by atoms with van der Waals surface area (Å²) in [7, 11) is 0. The van der Waals surface area contributed by atoms with Gasteiger partial charge in [-0.15, -0.1) is 11.6 Å². The molecule has 4 fully saturated rings. The summed E-state index contributed by atoms with van der Waals surface area (Å²) in [6.45, 7) is 13.0. The fourth-order valence-electron chi connectivity index (χ4n) is 10.2. The summed E-state index contributed by atoms with van der Waals surface area (Å²) in [6.07, 6.45) is 5.72. The van der Waals surface area contributed by atoms with Gasteiger partial charge in [0.2, 0.25) is 0 Å². The van der Waals surface area contributed by atoms with Gasteiger partial charge in [-0.25, -0.2) is 0 Å². The number of carbonyl (C=O) groups is 2. The normalized spacial score (nSPS) is 46.8. The van der Waals surface area contributed by atoms with Crippen LogP contribution in [0.3, 0.4) is 0 Å². The van der Waals surface area contributed by atoms with E-state index in [0.29, 0.717) is 25.2 Å². The maximum atomic E-state index is 12.7. The lowest BCUT2D eigenvalue weighted by atomic mass is 9.36. The summed E-state index contributed by atoms with van der Waals surface area (Å²) in [5.41, 5.74) is 0.423. The zero-order chi connectivity index (χ0) is 28.2. The Bertz CT molecular complexity index is 947. The highest BCUT2D eigenvalue weighted by atomic mass is 35.5. The highest BCUT2D eigenvalue weighted by molar-refractivity contribution is 6.18. The highest BCUT2D eigenvalue weighted by Crippen LogP contribution is 2.74. The number of aliphatic hydroxyl groups excluding tert-OH is 2. The molecule has 0 spiro atoms. The minimum atomic E-state index is -0.873. The van der Waals surface area contributed by atoms with E-state index in [0.717, 1.165) is 31.3 Å². The molecule has 0 aromatic carbocycles. The van der Waals surface area contributed by atoms with Gasteiger partial charge in [0.25, 0.3) is 0 Å². The fourth-order valence-corrected chi connectivity index (χ4v) is 10.4. The van der Waals surface area contributed by atoms with Crippen LogP contribution < -0.4 is 0 Å². The van der Waals surface area contributed by atoms with E-state index in [2.05, 4.69) is 27.7 Å². The van der Waals surface area contributed by atoms with Crippen LogP contribution in [0.15, 0.2) is 11.6 Å². The third-order valence-electron chi connectivity index (χ3n) is 12.1. The van der Waals surface area contributed by atoms with Crippen LogP contribution in [0.5, 0.6) is 0 Å². The number of halogens is 1. The predicted molar refractivity (Wildman–Crippen MR) is 148 cm³/mol. The second-order valence-electron chi connectivity index (χ2n) is 14.0. The lowest BCUT2D eigenvalue weighted by molar-refractivity contribution is -0.240. The summed E-state index contributed by atoms with van der Waals surface area (Å²) in [5.74, 6) is -1.66. The Morgan fingerprint density at radius 3 is 2.34 bits per heavy atom. The van der Waals surface area contributed by atoms with Crippen molar-refractivity contribution in [3.8, 4) is 0 Å². The number of hydrogen-bond acceptors (Lipinski definition) is 5. The van der Waals surface area contributed by atoms with Gasteiger partial charge in [-0.2, -0.15) is 0 Å². The molecule has 0 radical (unpaired) electrons. The first kappa shape index (κ1) is 29.9. The lowest BCUT2D eigenvalue weighted by Gasteiger charge is -2.69. The van der Waals surface area contributed by atoms with Crippen LogP contribution in [0, 0.1) is 51.8 Å². The molecule has 216 valence electrons. The standard InChI is InChI=1S/C31H49ClO6/c1-17(2)7-8-19(28(36)37)26-21-15-23(34)27-29(4)12-10-22(33)18(3)20(29)9-13-30(27,5)31(21,6)16-24(26)38-25(35)11-14-32/h7,18-24,26-27,33-34H,8-16H2,1-6H3,(H,36,37)/t18-,19+,20?,21?,22+,23+,24-,26+,27?,29-,30-,31-/m0/s1. The average molecular weight is 553 g/mol. The molecule has 3 N–H and O–H groups in total. The number of fused-ring (bicyclic) bond motifs is 5. The van der Waals surface area contributed by atoms with Crippen molar-refractivity contribution in [3.63, 3.8) is 0 Å².